The van der Waals surface area contributed by atoms with Gasteiger partial charge in [-0.05, 0) is 88.0 Å². The van der Waals surface area contributed by atoms with E-state index < -0.39 is 10.0 Å². The molecule has 0 spiro atoms. The average molecular weight is 421 g/mol. The van der Waals surface area contributed by atoms with Crippen LogP contribution in [0.5, 0.6) is 0 Å². The molecule has 162 valence electrons. The number of amides is 1. The number of carbonyl (C=O) groups excluding carboxylic acids is 1. The molecule has 1 saturated carbocycles. The Balaban J connectivity index is 1.72. The SMILES string of the molecule is CCCN(CC1CC1)C(=O)C1CCN(S(=O)(=O)c2c(C)c(C)cc(C)c2C)CC1. The van der Waals surface area contributed by atoms with Gasteiger partial charge in [0, 0.05) is 32.1 Å². The molecule has 0 aromatic heterocycles. The zero-order valence-electron chi connectivity index (χ0n) is 18.6. The second-order valence-corrected chi connectivity index (χ2v) is 10.9. The van der Waals surface area contributed by atoms with Crippen molar-refractivity contribution in [3.05, 3.63) is 28.3 Å². The molecule has 3 rings (SSSR count). The molecule has 6 heteroatoms. The Bertz CT molecular complexity index is 840. The highest BCUT2D eigenvalue weighted by Crippen LogP contribution is 2.33. The van der Waals surface area contributed by atoms with E-state index in [0.29, 0.717) is 36.7 Å². The number of hydrogen-bond acceptors (Lipinski definition) is 3. The minimum absolute atomic E-state index is 0.0480. The van der Waals surface area contributed by atoms with E-state index in [4.69, 9.17) is 0 Å². The Morgan fingerprint density at radius 2 is 1.59 bits per heavy atom. The summed E-state index contributed by atoms with van der Waals surface area (Å²) in [5, 5.41) is 0. The zero-order valence-corrected chi connectivity index (χ0v) is 19.4. The first kappa shape index (κ1) is 22.3. The molecule has 2 aliphatic rings. The van der Waals surface area contributed by atoms with Gasteiger partial charge in [0.2, 0.25) is 15.9 Å². The number of carbonyl (C=O) groups is 1. The minimum Gasteiger partial charge on any atom is -0.342 e. The summed E-state index contributed by atoms with van der Waals surface area (Å²) < 4.78 is 28.5. The fourth-order valence-corrected chi connectivity index (χ4v) is 6.52. The summed E-state index contributed by atoms with van der Waals surface area (Å²) in [5.41, 5.74) is 3.69. The van der Waals surface area contributed by atoms with Gasteiger partial charge < -0.3 is 4.90 Å². The van der Waals surface area contributed by atoms with E-state index in [9.17, 15) is 13.2 Å². The second-order valence-electron chi connectivity index (χ2n) is 9.00. The van der Waals surface area contributed by atoms with Crippen molar-refractivity contribution < 1.29 is 13.2 Å². The number of nitrogens with zero attached hydrogens (tertiary/aromatic N) is 2. The lowest BCUT2D eigenvalue weighted by Crippen LogP contribution is -2.45. The molecule has 0 unspecified atom stereocenters. The van der Waals surface area contributed by atoms with Gasteiger partial charge in [0.05, 0.1) is 4.90 Å². The summed E-state index contributed by atoms with van der Waals surface area (Å²) in [7, 11) is -3.55. The normalized spacial score (nSPS) is 18.8. The van der Waals surface area contributed by atoms with Gasteiger partial charge in [-0.25, -0.2) is 8.42 Å². The lowest BCUT2D eigenvalue weighted by atomic mass is 9.96. The van der Waals surface area contributed by atoms with Crippen molar-refractivity contribution in [3.8, 4) is 0 Å². The lowest BCUT2D eigenvalue weighted by molar-refractivity contribution is -0.137. The van der Waals surface area contributed by atoms with Crippen LogP contribution in [-0.4, -0.2) is 49.7 Å². The van der Waals surface area contributed by atoms with Crippen LogP contribution in [0.15, 0.2) is 11.0 Å². The molecule has 0 radical (unpaired) electrons. The number of sulfonamides is 1. The third-order valence-electron chi connectivity index (χ3n) is 6.68. The molecule has 0 N–H and O–H groups in total. The van der Waals surface area contributed by atoms with Crippen molar-refractivity contribution in [1.82, 2.24) is 9.21 Å². The standard InChI is InChI=1S/C23H36N2O3S/c1-6-11-24(15-20-7-8-20)23(26)21-9-12-25(13-10-21)29(27,28)22-18(4)16(2)14-17(3)19(22)5/h14,20-21H,6-13,15H2,1-5H3. The molecule has 1 amide bonds. The van der Waals surface area contributed by atoms with Crippen molar-refractivity contribution in [2.75, 3.05) is 26.2 Å². The number of benzene rings is 1. The highest BCUT2D eigenvalue weighted by Gasteiger charge is 2.36. The summed E-state index contributed by atoms with van der Waals surface area (Å²) in [4.78, 5) is 15.5. The molecule has 1 aliphatic carbocycles. The molecule has 29 heavy (non-hydrogen) atoms. The quantitative estimate of drug-likeness (QED) is 0.671. The van der Waals surface area contributed by atoms with Crippen LogP contribution in [0.3, 0.4) is 0 Å². The molecule has 1 saturated heterocycles. The third kappa shape index (κ3) is 4.69. The summed E-state index contributed by atoms with van der Waals surface area (Å²) >= 11 is 0. The first-order chi connectivity index (χ1) is 13.7. The van der Waals surface area contributed by atoms with Crippen molar-refractivity contribution in [3.63, 3.8) is 0 Å². The number of hydrogen-bond donors (Lipinski definition) is 0. The van der Waals surface area contributed by atoms with Crippen LogP contribution in [0.4, 0.5) is 0 Å². The molecule has 0 atom stereocenters. The fraction of sp³-hybridized carbons (Fsp3) is 0.696. The van der Waals surface area contributed by atoms with Crippen LogP contribution < -0.4 is 0 Å². The minimum atomic E-state index is -3.55. The van der Waals surface area contributed by atoms with E-state index in [-0.39, 0.29) is 11.8 Å². The van der Waals surface area contributed by atoms with Crippen LogP contribution in [0.1, 0.15) is 61.3 Å². The summed E-state index contributed by atoms with van der Waals surface area (Å²) in [5.74, 6) is 0.865. The molecular formula is C23H36N2O3S. The van der Waals surface area contributed by atoms with Crippen LogP contribution >= 0.6 is 0 Å². The Morgan fingerprint density at radius 1 is 1.03 bits per heavy atom. The van der Waals surface area contributed by atoms with E-state index in [1.54, 1.807) is 4.31 Å². The van der Waals surface area contributed by atoms with Gasteiger partial charge in [0.1, 0.15) is 0 Å². The van der Waals surface area contributed by atoms with Gasteiger partial charge in [0.15, 0.2) is 0 Å². The summed E-state index contributed by atoms with van der Waals surface area (Å²) in [6.07, 6.45) is 4.67. The summed E-state index contributed by atoms with van der Waals surface area (Å²) in [6.45, 7) is 12.4. The Labute approximate surface area is 176 Å². The predicted molar refractivity (Wildman–Crippen MR) is 116 cm³/mol. The Morgan fingerprint density at radius 3 is 2.07 bits per heavy atom. The Hall–Kier alpha value is -1.40. The van der Waals surface area contributed by atoms with Crippen molar-refractivity contribution in [2.24, 2.45) is 11.8 Å². The maximum Gasteiger partial charge on any atom is 0.243 e. The number of piperidine rings is 1. The van der Waals surface area contributed by atoms with E-state index in [2.05, 4.69) is 13.0 Å². The molecule has 1 aromatic carbocycles. The van der Waals surface area contributed by atoms with E-state index in [1.807, 2.05) is 32.6 Å². The Kier molecular flexibility index (Phi) is 6.74. The predicted octanol–water partition coefficient (Wildman–Crippen LogP) is 3.97. The van der Waals surface area contributed by atoms with Crippen LogP contribution in [-0.2, 0) is 14.8 Å². The molecule has 1 aromatic rings. The molecule has 1 aliphatic heterocycles. The first-order valence-corrected chi connectivity index (χ1v) is 12.5. The van der Waals surface area contributed by atoms with Crippen molar-refractivity contribution >= 4 is 15.9 Å². The van der Waals surface area contributed by atoms with Gasteiger partial charge in [-0.1, -0.05) is 13.0 Å². The van der Waals surface area contributed by atoms with Crippen molar-refractivity contribution in [2.45, 2.75) is 71.6 Å². The van der Waals surface area contributed by atoms with Crippen LogP contribution in [0, 0.1) is 39.5 Å². The fourth-order valence-electron chi connectivity index (χ4n) is 4.47. The highest BCUT2D eigenvalue weighted by molar-refractivity contribution is 7.89. The maximum atomic E-state index is 13.4. The smallest absolute Gasteiger partial charge is 0.243 e. The highest BCUT2D eigenvalue weighted by atomic mass is 32.2. The van der Waals surface area contributed by atoms with E-state index in [1.165, 1.54) is 12.8 Å². The third-order valence-corrected chi connectivity index (χ3v) is 8.85. The van der Waals surface area contributed by atoms with Crippen LogP contribution in [0.25, 0.3) is 0 Å². The van der Waals surface area contributed by atoms with Gasteiger partial charge >= 0.3 is 0 Å². The number of aryl methyl sites for hydroxylation is 2. The van der Waals surface area contributed by atoms with E-state index >= 15 is 0 Å². The van der Waals surface area contributed by atoms with Crippen molar-refractivity contribution in [1.29, 1.82) is 0 Å². The largest absolute Gasteiger partial charge is 0.342 e. The number of rotatable bonds is 7. The molecule has 1 heterocycles. The lowest BCUT2D eigenvalue weighted by Gasteiger charge is -2.34. The molecular weight excluding hydrogens is 384 g/mol. The topological polar surface area (TPSA) is 57.7 Å². The van der Waals surface area contributed by atoms with Gasteiger partial charge in [0.25, 0.3) is 0 Å². The van der Waals surface area contributed by atoms with Gasteiger partial charge in [-0.2, -0.15) is 4.31 Å². The van der Waals surface area contributed by atoms with Crippen LogP contribution in [0.2, 0.25) is 0 Å². The van der Waals surface area contributed by atoms with E-state index in [0.717, 1.165) is 41.8 Å². The zero-order chi connectivity index (χ0) is 21.3. The average Bonchev–Trinajstić information content (AvgIpc) is 3.50. The molecule has 2 fully saturated rings. The maximum absolute atomic E-state index is 13.4. The first-order valence-electron chi connectivity index (χ1n) is 11.0. The van der Waals surface area contributed by atoms with Gasteiger partial charge in [-0.3, -0.25) is 4.79 Å². The molecule has 5 nitrogen and oxygen atoms in total. The molecule has 0 bridgehead atoms. The summed E-state index contributed by atoms with van der Waals surface area (Å²) in [6, 6.07) is 2.05. The monoisotopic (exact) mass is 420 g/mol. The van der Waals surface area contributed by atoms with Gasteiger partial charge in [-0.15, -0.1) is 0 Å². The second kappa shape index (κ2) is 8.76.